The van der Waals surface area contributed by atoms with Crippen LogP contribution < -0.4 is 10.1 Å². The number of ether oxygens (including phenoxy) is 1. The lowest BCUT2D eigenvalue weighted by Crippen LogP contribution is -2.26. The molecule has 0 aliphatic carbocycles. The van der Waals surface area contributed by atoms with Gasteiger partial charge in [-0.05, 0) is 65.4 Å². The molecule has 2 aromatic carbocycles. The highest BCUT2D eigenvalue weighted by Gasteiger charge is 2.11. The first kappa shape index (κ1) is 14.8. The molecule has 1 amide bonds. The van der Waals surface area contributed by atoms with Crippen LogP contribution in [0, 0.1) is 3.57 Å². The maximum Gasteiger partial charge on any atom is 0.251 e. The standard InChI is InChI=1S/C16H16INO2/c1-11(12-6-8-15(20-2)9-7-12)18-16(19)13-4-3-5-14(17)10-13/h3-11H,1-2H3,(H,18,19)/t11-/m1/s1. The molecule has 0 fully saturated rings. The number of hydrogen-bond donors (Lipinski definition) is 1. The van der Waals surface area contributed by atoms with Gasteiger partial charge in [-0.15, -0.1) is 0 Å². The minimum absolute atomic E-state index is 0.0497. The van der Waals surface area contributed by atoms with Crippen molar-refractivity contribution < 1.29 is 9.53 Å². The van der Waals surface area contributed by atoms with Crippen molar-refractivity contribution in [2.45, 2.75) is 13.0 Å². The molecule has 0 saturated carbocycles. The van der Waals surface area contributed by atoms with Crippen molar-refractivity contribution in [2.24, 2.45) is 0 Å². The number of methoxy groups -OCH3 is 1. The van der Waals surface area contributed by atoms with Crippen LogP contribution in [0.3, 0.4) is 0 Å². The van der Waals surface area contributed by atoms with E-state index in [9.17, 15) is 4.79 Å². The van der Waals surface area contributed by atoms with Gasteiger partial charge in [0.2, 0.25) is 0 Å². The molecule has 2 rings (SSSR count). The minimum atomic E-state index is -0.0631. The highest BCUT2D eigenvalue weighted by atomic mass is 127. The fourth-order valence-electron chi connectivity index (χ4n) is 1.89. The Morgan fingerprint density at radius 3 is 2.50 bits per heavy atom. The van der Waals surface area contributed by atoms with E-state index in [2.05, 4.69) is 27.9 Å². The number of hydrogen-bond acceptors (Lipinski definition) is 2. The molecule has 0 bridgehead atoms. The molecule has 0 heterocycles. The van der Waals surface area contributed by atoms with Crippen LogP contribution in [-0.4, -0.2) is 13.0 Å². The van der Waals surface area contributed by atoms with E-state index >= 15 is 0 Å². The predicted molar refractivity (Wildman–Crippen MR) is 88.0 cm³/mol. The number of rotatable bonds is 4. The van der Waals surface area contributed by atoms with Gasteiger partial charge in [-0.25, -0.2) is 0 Å². The van der Waals surface area contributed by atoms with Crippen molar-refractivity contribution in [3.8, 4) is 5.75 Å². The topological polar surface area (TPSA) is 38.3 Å². The Balaban J connectivity index is 2.06. The fourth-order valence-corrected chi connectivity index (χ4v) is 2.43. The number of nitrogens with one attached hydrogen (secondary N) is 1. The number of amides is 1. The lowest BCUT2D eigenvalue weighted by atomic mass is 10.1. The molecule has 0 saturated heterocycles. The Labute approximate surface area is 132 Å². The molecule has 3 nitrogen and oxygen atoms in total. The van der Waals surface area contributed by atoms with E-state index in [1.807, 2.05) is 55.5 Å². The average Bonchev–Trinajstić information content (AvgIpc) is 2.47. The van der Waals surface area contributed by atoms with E-state index in [1.54, 1.807) is 7.11 Å². The van der Waals surface area contributed by atoms with Crippen molar-refractivity contribution in [1.29, 1.82) is 0 Å². The van der Waals surface area contributed by atoms with Crippen LogP contribution in [0.25, 0.3) is 0 Å². The van der Waals surface area contributed by atoms with E-state index in [4.69, 9.17) is 4.74 Å². The quantitative estimate of drug-likeness (QED) is 0.819. The van der Waals surface area contributed by atoms with E-state index in [1.165, 1.54) is 0 Å². The number of benzene rings is 2. The zero-order valence-corrected chi connectivity index (χ0v) is 13.5. The second-order valence-electron chi connectivity index (χ2n) is 4.48. The molecule has 0 aliphatic heterocycles. The van der Waals surface area contributed by atoms with Crippen molar-refractivity contribution in [2.75, 3.05) is 7.11 Å². The van der Waals surface area contributed by atoms with Crippen LogP contribution in [0.2, 0.25) is 0 Å². The molecule has 0 aromatic heterocycles. The second kappa shape index (κ2) is 6.74. The van der Waals surface area contributed by atoms with Gasteiger partial charge in [0.25, 0.3) is 5.91 Å². The molecule has 104 valence electrons. The fraction of sp³-hybridized carbons (Fsp3) is 0.188. The van der Waals surface area contributed by atoms with Gasteiger partial charge in [0.1, 0.15) is 5.75 Å². The summed E-state index contributed by atoms with van der Waals surface area (Å²) in [6.45, 7) is 1.97. The van der Waals surface area contributed by atoms with Crippen molar-refractivity contribution in [3.05, 3.63) is 63.2 Å². The predicted octanol–water partition coefficient (Wildman–Crippen LogP) is 3.79. The zero-order chi connectivity index (χ0) is 14.5. The Morgan fingerprint density at radius 2 is 1.90 bits per heavy atom. The van der Waals surface area contributed by atoms with Crippen LogP contribution in [0.15, 0.2) is 48.5 Å². The molecule has 1 N–H and O–H groups in total. The minimum Gasteiger partial charge on any atom is -0.497 e. The molecule has 0 unspecified atom stereocenters. The highest BCUT2D eigenvalue weighted by molar-refractivity contribution is 14.1. The Morgan fingerprint density at radius 1 is 1.20 bits per heavy atom. The summed E-state index contributed by atoms with van der Waals surface area (Å²) in [6.07, 6.45) is 0. The summed E-state index contributed by atoms with van der Waals surface area (Å²) in [4.78, 5) is 12.2. The smallest absolute Gasteiger partial charge is 0.251 e. The molecular weight excluding hydrogens is 365 g/mol. The molecule has 20 heavy (non-hydrogen) atoms. The second-order valence-corrected chi connectivity index (χ2v) is 5.72. The first-order valence-electron chi connectivity index (χ1n) is 6.30. The van der Waals surface area contributed by atoms with Crippen LogP contribution in [0.1, 0.15) is 28.9 Å². The monoisotopic (exact) mass is 381 g/mol. The van der Waals surface area contributed by atoms with Crippen LogP contribution >= 0.6 is 22.6 Å². The van der Waals surface area contributed by atoms with Gasteiger partial charge in [0.05, 0.1) is 13.2 Å². The summed E-state index contributed by atoms with van der Waals surface area (Å²) in [5.74, 6) is 0.747. The molecule has 1 atom stereocenters. The number of carbonyl (C=O) groups is 1. The van der Waals surface area contributed by atoms with E-state index < -0.39 is 0 Å². The number of halogens is 1. The summed E-state index contributed by atoms with van der Waals surface area (Å²) >= 11 is 2.20. The lowest BCUT2D eigenvalue weighted by molar-refractivity contribution is 0.0940. The third-order valence-corrected chi connectivity index (χ3v) is 3.72. The Bertz CT molecular complexity index is 596. The van der Waals surface area contributed by atoms with Gasteiger partial charge in [-0.1, -0.05) is 18.2 Å². The third-order valence-electron chi connectivity index (χ3n) is 3.05. The number of carbonyl (C=O) groups excluding carboxylic acids is 1. The lowest BCUT2D eigenvalue weighted by Gasteiger charge is -2.15. The Hall–Kier alpha value is -1.56. The normalized spacial score (nSPS) is 11.8. The van der Waals surface area contributed by atoms with Crippen molar-refractivity contribution >= 4 is 28.5 Å². The van der Waals surface area contributed by atoms with Crippen molar-refractivity contribution in [1.82, 2.24) is 5.32 Å². The van der Waals surface area contributed by atoms with E-state index in [-0.39, 0.29) is 11.9 Å². The summed E-state index contributed by atoms with van der Waals surface area (Å²) in [5, 5.41) is 2.99. The van der Waals surface area contributed by atoms with Gasteiger partial charge in [0, 0.05) is 9.13 Å². The maximum atomic E-state index is 12.2. The maximum absolute atomic E-state index is 12.2. The summed E-state index contributed by atoms with van der Waals surface area (Å²) in [6, 6.07) is 15.2. The van der Waals surface area contributed by atoms with Crippen molar-refractivity contribution in [3.63, 3.8) is 0 Å². The molecule has 0 radical (unpaired) electrons. The molecule has 2 aromatic rings. The third kappa shape index (κ3) is 3.72. The van der Waals surface area contributed by atoms with Gasteiger partial charge in [-0.2, -0.15) is 0 Å². The highest BCUT2D eigenvalue weighted by Crippen LogP contribution is 2.18. The molecule has 0 aliphatic rings. The van der Waals surface area contributed by atoms with E-state index in [0.29, 0.717) is 5.56 Å². The summed E-state index contributed by atoms with van der Waals surface area (Å²) in [5.41, 5.74) is 1.72. The summed E-state index contributed by atoms with van der Waals surface area (Å²) in [7, 11) is 1.64. The molecule has 0 spiro atoms. The SMILES string of the molecule is COc1ccc([C@@H](C)NC(=O)c2cccc(I)c2)cc1. The molecular formula is C16H16INO2. The van der Waals surface area contributed by atoms with E-state index in [0.717, 1.165) is 14.9 Å². The van der Waals surface area contributed by atoms with Gasteiger partial charge < -0.3 is 10.1 Å². The zero-order valence-electron chi connectivity index (χ0n) is 11.4. The van der Waals surface area contributed by atoms with Crippen LogP contribution in [-0.2, 0) is 0 Å². The van der Waals surface area contributed by atoms with Gasteiger partial charge in [0.15, 0.2) is 0 Å². The first-order chi connectivity index (χ1) is 9.60. The summed E-state index contributed by atoms with van der Waals surface area (Å²) < 4.78 is 6.17. The Kier molecular flexibility index (Phi) is 5.00. The van der Waals surface area contributed by atoms with Crippen LogP contribution in [0.4, 0.5) is 0 Å². The first-order valence-corrected chi connectivity index (χ1v) is 7.38. The average molecular weight is 381 g/mol. The molecule has 4 heteroatoms. The largest absolute Gasteiger partial charge is 0.497 e. The van der Waals surface area contributed by atoms with Gasteiger partial charge in [-0.3, -0.25) is 4.79 Å². The van der Waals surface area contributed by atoms with Crippen LogP contribution in [0.5, 0.6) is 5.75 Å². The van der Waals surface area contributed by atoms with Gasteiger partial charge >= 0.3 is 0 Å².